The molecule has 102 valence electrons. The van der Waals surface area contributed by atoms with Crippen molar-refractivity contribution in [3.05, 3.63) is 11.4 Å². The van der Waals surface area contributed by atoms with Gasteiger partial charge in [0.05, 0.1) is 11.4 Å². The van der Waals surface area contributed by atoms with Gasteiger partial charge in [0.1, 0.15) is 4.90 Å². The zero-order chi connectivity index (χ0) is 13.6. The molecule has 0 radical (unpaired) electrons. The third-order valence-corrected chi connectivity index (χ3v) is 5.29. The molecule has 1 unspecified atom stereocenters. The molecule has 1 heterocycles. The lowest BCUT2D eigenvalue weighted by Crippen LogP contribution is -2.28. The van der Waals surface area contributed by atoms with Crippen molar-refractivity contribution in [2.75, 3.05) is 6.54 Å². The summed E-state index contributed by atoms with van der Waals surface area (Å²) in [4.78, 5) is 0.198. The van der Waals surface area contributed by atoms with Crippen LogP contribution in [-0.4, -0.2) is 25.2 Å². The summed E-state index contributed by atoms with van der Waals surface area (Å²) in [6.07, 6.45) is 1.06. The number of hydrogen-bond acceptors (Lipinski definition) is 4. The van der Waals surface area contributed by atoms with Gasteiger partial charge in [-0.25, -0.2) is 13.1 Å². The van der Waals surface area contributed by atoms with E-state index in [-0.39, 0.29) is 16.9 Å². The molecule has 1 aliphatic rings. The Morgan fingerprint density at radius 1 is 1.56 bits per heavy atom. The minimum absolute atomic E-state index is 0.107. The number of sulfonamides is 1. The molecule has 2 rings (SSSR count). The Bertz CT molecular complexity index is 547. The SMILES string of the molecule is Cc1[nH]nc(CN)c1S(=O)(=O)NCC1CC1(C)C. The predicted octanol–water partition coefficient (Wildman–Crippen LogP) is 0.501. The molecule has 0 amide bonds. The molecule has 1 atom stereocenters. The maximum Gasteiger partial charge on any atom is 0.244 e. The quantitative estimate of drug-likeness (QED) is 0.726. The molecule has 1 fully saturated rings. The van der Waals surface area contributed by atoms with Gasteiger partial charge in [-0.05, 0) is 24.7 Å². The van der Waals surface area contributed by atoms with Crippen LogP contribution in [0, 0.1) is 18.3 Å². The van der Waals surface area contributed by atoms with Gasteiger partial charge in [-0.3, -0.25) is 5.10 Å². The molecule has 1 saturated carbocycles. The summed E-state index contributed by atoms with van der Waals surface area (Å²) in [7, 11) is -3.52. The van der Waals surface area contributed by atoms with Crippen molar-refractivity contribution in [2.45, 2.75) is 38.6 Å². The average Bonchev–Trinajstić information content (AvgIpc) is 2.69. The fourth-order valence-corrected chi connectivity index (χ4v) is 3.62. The number of aromatic amines is 1. The van der Waals surface area contributed by atoms with Gasteiger partial charge in [0.15, 0.2) is 0 Å². The van der Waals surface area contributed by atoms with Crippen molar-refractivity contribution in [2.24, 2.45) is 17.1 Å². The number of nitrogens with two attached hydrogens (primary N) is 1. The van der Waals surface area contributed by atoms with Gasteiger partial charge >= 0.3 is 0 Å². The number of rotatable bonds is 5. The largest absolute Gasteiger partial charge is 0.325 e. The van der Waals surface area contributed by atoms with Gasteiger partial charge in [-0.1, -0.05) is 13.8 Å². The number of nitrogens with zero attached hydrogens (tertiary/aromatic N) is 1. The minimum Gasteiger partial charge on any atom is -0.325 e. The van der Waals surface area contributed by atoms with Gasteiger partial charge in [0.25, 0.3) is 0 Å². The fourth-order valence-electron chi connectivity index (χ4n) is 2.17. The van der Waals surface area contributed by atoms with E-state index in [4.69, 9.17) is 5.73 Å². The molecule has 1 aromatic rings. The van der Waals surface area contributed by atoms with E-state index in [1.54, 1.807) is 6.92 Å². The Balaban J connectivity index is 2.13. The molecule has 0 saturated heterocycles. The van der Waals surface area contributed by atoms with Crippen LogP contribution in [0.5, 0.6) is 0 Å². The van der Waals surface area contributed by atoms with Crippen molar-refractivity contribution in [3.63, 3.8) is 0 Å². The minimum atomic E-state index is -3.52. The molecule has 0 spiro atoms. The average molecular weight is 272 g/mol. The van der Waals surface area contributed by atoms with E-state index in [1.807, 2.05) is 0 Å². The van der Waals surface area contributed by atoms with E-state index >= 15 is 0 Å². The first kappa shape index (κ1) is 13.5. The summed E-state index contributed by atoms with van der Waals surface area (Å²) >= 11 is 0. The van der Waals surface area contributed by atoms with E-state index in [0.717, 1.165) is 6.42 Å². The highest BCUT2D eigenvalue weighted by Crippen LogP contribution is 2.51. The van der Waals surface area contributed by atoms with Crippen LogP contribution in [0.1, 0.15) is 31.7 Å². The molecule has 6 nitrogen and oxygen atoms in total. The van der Waals surface area contributed by atoms with Crippen LogP contribution >= 0.6 is 0 Å². The number of nitrogens with one attached hydrogen (secondary N) is 2. The summed E-state index contributed by atoms with van der Waals surface area (Å²) < 4.78 is 27.1. The summed E-state index contributed by atoms with van der Waals surface area (Å²) in [5.41, 5.74) is 6.66. The second-order valence-corrected chi connectivity index (χ2v) is 7.27. The van der Waals surface area contributed by atoms with Gasteiger partial charge in [-0.2, -0.15) is 5.10 Å². The van der Waals surface area contributed by atoms with Crippen LogP contribution < -0.4 is 10.5 Å². The lowest BCUT2D eigenvalue weighted by atomic mass is 10.1. The first-order chi connectivity index (χ1) is 8.28. The molecule has 1 aliphatic carbocycles. The van der Waals surface area contributed by atoms with Crippen LogP contribution in [0.25, 0.3) is 0 Å². The highest BCUT2D eigenvalue weighted by atomic mass is 32.2. The molecule has 7 heteroatoms. The standard InChI is InChI=1S/C11H20N4O2S/c1-7-10(9(5-12)15-14-7)18(16,17)13-6-8-4-11(8,2)3/h8,13H,4-6,12H2,1-3H3,(H,14,15). The highest BCUT2D eigenvalue weighted by Gasteiger charge is 2.45. The number of aromatic nitrogens is 2. The second-order valence-electron chi connectivity index (χ2n) is 5.57. The molecule has 4 N–H and O–H groups in total. The van der Waals surface area contributed by atoms with Crippen LogP contribution in [-0.2, 0) is 16.6 Å². The van der Waals surface area contributed by atoms with Gasteiger partial charge in [0.2, 0.25) is 10.0 Å². The normalized spacial score (nSPS) is 22.1. The molecule has 0 aliphatic heterocycles. The van der Waals surface area contributed by atoms with E-state index in [0.29, 0.717) is 23.9 Å². The van der Waals surface area contributed by atoms with Gasteiger partial charge in [-0.15, -0.1) is 0 Å². The van der Waals surface area contributed by atoms with E-state index in [2.05, 4.69) is 28.8 Å². The number of hydrogen-bond donors (Lipinski definition) is 3. The van der Waals surface area contributed by atoms with Gasteiger partial charge < -0.3 is 5.73 Å². The zero-order valence-corrected chi connectivity index (χ0v) is 11.8. The maximum atomic E-state index is 12.2. The van der Waals surface area contributed by atoms with E-state index < -0.39 is 10.0 Å². The molecule has 0 bridgehead atoms. The molecule has 0 aromatic carbocycles. The maximum absolute atomic E-state index is 12.2. The summed E-state index contributed by atoms with van der Waals surface area (Å²) in [6, 6.07) is 0. The fraction of sp³-hybridized carbons (Fsp3) is 0.727. The van der Waals surface area contributed by atoms with Crippen LogP contribution in [0.4, 0.5) is 0 Å². The first-order valence-corrected chi connectivity index (χ1v) is 7.50. The molecule has 18 heavy (non-hydrogen) atoms. The van der Waals surface area contributed by atoms with E-state index in [9.17, 15) is 8.42 Å². The van der Waals surface area contributed by atoms with Crippen molar-refractivity contribution in [1.29, 1.82) is 0 Å². The Hall–Kier alpha value is -0.920. The third-order valence-electron chi connectivity index (χ3n) is 3.66. The molecular formula is C11H20N4O2S. The molecular weight excluding hydrogens is 252 g/mol. The lowest BCUT2D eigenvalue weighted by Gasteiger charge is -2.08. The summed E-state index contributed by atoms with van der Waals surface area (Å²) in [5.74, 6) is 0.417. The Kier molecular flexibility index (Phi) is 3.25. The van der Waals surface area contributed by atoms with Crippen molar-refractivity contribution in [3.8, 4) is 0 Å². The smallest absolute Gasteiger partial charge is 0.244 e. The van der Waals surface area contributed by atoms with Crippen LogP contribution in [0.15, 0.2) is 4.90 Å². The zero-order valence-electron chi connectivity index (χ0n) is 10.9. The van der Waals surface area contributed by atoms with Crippen molar-refractivity contribution >= 4 is 10.0 Å². The molecule has 1 aromatic heterocycles. The monoisotopic (exact) mass is 272 g/mol. The van der Waals surface area contributed by atoms with Crippen molar-refractivity contribution in [1.82, 2.24) is 14.9 Å². The van der Waals surface area contributed by atoms with Crippen molar-refractivity contribution < 1.29 is 8.42 Å². The Labute approximate surface area is 107 Å². The predicted molar refractivity (Wildman–Crippen MR) is 68.3 cm³/mol. The summed E-state index contributed by atoms with van der Waals surface area (Å²) in [5, 5.41) is 6.57. The number of aryl methyl sites for hydroxylation is 1. The highest BCUT2D eigenvalue weighted by molar-refractivity contribution is 7.89. The van der Waals surface area contributed by atoms with Crippen LogP contribution in [0.3, 0.4) is 0 Å². The number of H-pyrrole nitrogens is 1. The van der Waals surface area contributed by atoms with E-state index in [1.165, 1.54) is 0 Å². The Morgan fingerprint density at radius 3 is 2.67 bits per heavy atom. The Morgan fingerprint density at radius 2 is 2.17 bits per heavy atom. The topological polar surface area (TPSA) is 101 Å². The second kappa shape index (κ2) is 4.32. The van der Waals surface area contributed by atoms with Gasteiger partial charge in [0, 0.05) is 13.1 Å². The third kappa shape index (κ3) is 2.43. The lowest BCUT2D eigenvalue weighted by molar-refractivity contribution is 0.537. The summed E-state index contributed by atoms with van der Waals surface area (Å²) in [6.45, 7) is 6.54. The van der Waals surface area contributed by atoms with Crippen LogP contribution in [0.2, 0.25) is 0 Å². The first-order valence-electron chi connectivity index (χ1n) is 6.01.